The number of nitrogens with one attached hydrogen (secondary N) is 1. The summed E-state index contributed by atoms with van der Waals surface area (Å²) in [6, 6.07) is 7.88. The van der Waals surface area contributed by atoms with E-state index in [1.165, 1.54) is 11.3 Å². The summed E-state index contributed by atoms with van der Waals surface area (Å²) >= 11 is 10.5. The Morgan fingerprint density at radius 1 is 1.38 bits per heavy atom. The molecule has 2 aromatic rings. The molecule has 0 aliphatic rings. The summed E-state index contributed by atoms with van der Waals surface area (Å²) in [7, 11) is 0. The van der Waals surface area contributed by atoms with E-state index in [4.69, 9.17) is 16.7 Å². The van der Waals surface area contributed by atoms with Gasteiger partial charge < -0.3 is 10.4 Å². The molecule has 0 aliphatic carbocycles. The fourth-order valence-corrected chi connectivity index (χ4v) is 3.44. The molecule has 0 aliphatic heterocycles. The summed E-state index contributed by atoms with van der Waals surface area (Å²) in [5.41, 5.74) is 0.409. The number of carbonyl (C=O) groups is 2. The van der Waals surface area contributed by atoms with Crippen LogP contribution < -0.4 is 5.32 Å². The second-order valence-electron chi connectivity index (χ2n) is 4.26. The van der Waals surface area contributed by atoms with Gasteiger partial charge in [-0.05, 0) is 45.6 Å². The Kier molecular flexibility index (Phi) is 5.39. The van der Waals surface area contributed by atoms with Gasteiger partial charge in [-0.2, -0.15) is 0 Å². The van der Waals surface area contributed by atoms with Crippen molar-refractivity contribution in [3.05, 3.63) is 55.6 Å². The number of thiophene rings is 1. The van der Waals surface area contributed by atoms with Crippen molar-refractivity contribution in [2.45, 2.75) is 12.5 Å². The molecule has 0 bridgehead atoms. The van der Waals surface area contributed by atoms with Crippen molar-refractivity contribution in [2.24, 2.45) is 0 Å². The van der Waals surface area contributed by atoms with E-state index < -0.39 is 12.0 Å². The van der Waals surface area contributed by atoms with Crippen LogP contribution in [0.25, 0.3) is 0 Å². The number of benzene rings is 1. The van der Waals surface area contributed by atoms with E-state index in [-0.39, 0.29) is 12.3 Å². The van der Waals surface area contributed by atoms with Crippen molar-refractivity contribution in [2.75, 3.05) is 0 Å². The van der Waals surface area contributed by atoms with Crippen LogP contribution in [0.1, 0.15) is 27.7 Å². The molecule has 2 N–H and O–H groups in total. The Balaban J connectivity index is 2.20. The number of hydrogen-bond donors (Lipinski definition) is 2. The number of carboxylic acids is 1. The molecule has 4 nitrogen and oxygen atoms in total. The van der Waals surface area contributed by atoms with Gasteiger partial charge in [-0.25, -0.2) is 0 Å². The quantitative estimate of drug-likeness (QED) is 0.810. The van der Waals surface area contributed by atoms with Crippen molar-refractivity contribution >= 4 is 50.7 Å². The Hall–Kier alpha value is -1.37. The highest BCUT2D eigenvalue weighted by Gasteiger charge is 2.20. The molecule has 1 amide bonds. The predicted octanol–water partition coefficient (Wildman–Crippen LogP) is 4.11. The van der Waals surface area contributed by atoms with Crippen LogP contribution in [-0.2, 0) is 4.79 Å². The molecule has 1 aromatic heterocycles. The Labute approximate surface area is 138 Å². The highest BCUT2D eigenvalue weighted by molar-refractivity contribution is 9.10. The van der Waals surface area contributed by atoms with E-state index in [1.54, 1.807) is 24.3 Å². The first-order chi connectivity index (χ1) is 9.97. The molecule has 0 spiro atoms. The van der Waals surface area contributed by atoms with Gasteiger partial charge in [0.25, 0.3) is 5.91 Å². The lowest BCUT2D eigenvalue weighted by Gasteiger charge is -2.16. The molecule has 0 fully saturated rings. The summed E-state index contributed by atoms with van der Waals surface area (Å²) in [4.78, 5) is 24.1. The first kappa shape index (κ1) is 16.0. The lowest BCUT2D eigenvalue weighted by molar-refractivity contribution is -0.137. The number of rotatable bonds is 5. The number of amides is 1. The smallest absolute Gasteiger partial charge is 0.305 e. The monoisotopic (exact) mass is 387 g/mol. The first-order valence-electron chi connectivity index (χ1n) is 5.98. The third-order valence-electron chi connectivity index (χ3n) is 2.75. The zero-order valence-corrected chi connectivity index (χ0v) is 13.8. The summed E-state index contributed by atoms with van der Waals surface area (Å²) < 4.78 is 0.563. The minimum atomic E-state index is -0.969. The number of carbonyl (C=O) groups excluding carboxylic acids is 1. The summed E-state index contributed by atoms with van der Waals surface area (Å²) in [5, 5.41) is 14.1. The second-order valence-corrected chi connectivity index (χ2v) is 6.53. The lowest BCUT2D eigenvalue weighted by atomic mass is 10.1. The zero-order chi connectivity index (χ0) is 15.4. The Bertz CT molecular complexity index is 660. The highest BCUT2D eigenvalue weighted by Crippen LogP contribution is 2.25. The Morgan fingerprint density at radius 2 is 2.14 bits per heavy atom. The van der Waals surface area contributed by atoms with Crippen molar-refractivity contribution in [3.8, 4) is 0 Å². The van der Waals surface area contributed by atoms with Gasteiger partial charge in [0.05, 0.1) is 18.0 Å². The number of aliphatic carboxylic acids is 1. The second kappa shape index (κ2) is 7.06. The van der Waals surface area contributed by atoms with Crippen LogP contribution in [0.2, 0.25) is 5.02 Å². The van der Waals surface area contributed by atoms with Crippen LogP contribution >= 0.6 is 38.9 Å². The van der Waals surface area contributed by atoms with Gasteiger partial charge in [0.1, 0.15) is 0 Å². The number of halogens is 2. The largest absolute Gasteiger partial charge is 0.481 e. The van der Waals surface area contributed by atoms with E-state index in [0.717, 1.165) is 4.88 Å². The average Bonchev–Trinajstić information content (AvgIpc) is 2.90. The fraction of sp³-hybridized carbons (Fsp3) is 0.143. The molecule has 1 aromatic carbocycles. The standard InChI is InChI=1S/C14H11BrClNO3S/c15-10-6-8(16)3-4-9(10)14(20)17-11(7-13(18)19)12-2-1-5-21-12/h1-6,11H,7H2,(H,17,20)(H,18,19). The molecule has 2 rings (SSSR count). The molecule has 0 saturated heterocycles. The van der Waals surface area contributed by atoms with Gasteiger partial charge in [-0.3, -0.25) is 9.59 Å². The SMILES string of the molecule is O=C(O)CC(NC(=O)c1ccc(Cl)cc1Br)c1cccs1. The molecule has 7 heteroatoms. The van der Waals surface area contributed by atoms with E-state index >= 15 is 0 Å². The van der Waals surface area contributed by atoms with Crippen LogP contribution in [0.3, 0.4) is 0 Å². The predicted molar refractivity (Wildman–Crippen MR) is 85.9 cm³/mol. The number of hydrogen-bond acceptors (Lipinski definition) is 3. The van der Waals surface area contributed by atoms with Crippen LogP contribution in [0.15, 0.2) is 40.2 Å². The van der Waals surface area contributed by atoms with Crippen molar-refractivity contribution < 1.29 is 14.7 Å². The third kappa shape index (κ3) is 4.30. The molecule has 1 unspecified atom stereocenters. The molecule has 0 saturated carbocycles. The maximum atomic E-state index is 12.3. The van der Waals surface area contributed by atoms with Gasteiger partial charge in [-0.1, -0.05) is 17.7 Å². The van der Waals surface area contributed by atoms with E-state index in [2.05, 4.69) is 21.2 Å². The molecule has 21 heavy (non-hydrogen) atoms. The average molecular weight is 389 g/mol. The maximum absolute atomic E-state index is 12.3. The van der Waals surface area contributed by atoms with E-state index in [0.29, 0.717) is 15.1 Å². The lowest BCUT2D eigenvalue weighted by Crippen LogP contribution is -2.29. The summed E-state index contributed by atoms with van der Waals surface area (Å²) in [6.07, 6.45) is -0.169. The van der Waals surface area contributed by atoms with Crippen LogP contribution in [0.5, 0.6) is 0 Å². The fourth-order valence-electron chi connectivity index (χ4n) is 1.80. The van der Waals surface area contributed by atoms with Crippen LogP contribution in [-0.4, -0.2) is 17.0 Å². The van der Waals surface area contributed by atoms with Crippen LogP contribution in [0, 0.1) is 0 Å². The normalized spacial score (nSPS) is 11.9. The van der Waals surface area contributed by atoms with Gasteiger partial charge >= 0.3 is 5.97 Å². The minimum Gasteiger partial charge on any atom is -0.481 e. The van der Waals surface area contributed by atoms with E-state index in [1.807, 2.05) is 11.4 Å². The Morgan fingerprint density at radius 3 is 2.71 bits per heavy atom. The molecular formula is C14H11BrClNO3S. The summed E-state index contributed by atoms with van der Waals surface area (Å²) in [5.74, 6) is -1.32. The van der Waals surface area contributed by atoms with E-state index in [9.17, 15) is 9.59 Å². The third-order valence-corrected chi connectivity index (χ3v) is 4.62. The number of carboxylic acid groups (broad SMARTS) is 1. The van der Waals surface area contributed by atoms with Crippen molar-refractivity contribution in [1.82, 2.24) is 5.32 Å². The molecular weight excluding hydrogens is 378 g/mol. The topological polar surface area (TPSA) is 66.4 Å². The molecule has 1 atom stereocenters. The zero-order valence-electron chi connectivity index (χ0n) is 10.7. The van der Waals surface area contributed by atoms with Gasteiger partial charge in [0, 0.05) is 14.4 Å². The van der Waals surface area contributed by atoms with Crippen molar-refractivity contribution in [3.63, 3.8) is 0 Å². The summed E-state index contributed by atoms with van der Waals surface area (Å²) in [6.45, 7) is 0. The van der Waals surface area contributed by atoms with Gasteiger partial charge in [-0.15, -0.1) is 11.3 Å². The molecule has 0 radical (unpaired) electrons. The highest BCUT2D eigenvalue weighted by atomic mass is 79.9. The van der Waals surface area contributed by atoms with Gasteiger partial charge in [0.2, 0.25) is 0 Å². The molecule has 1 heterocycles. The van der Waals surface area contributed by atoms with Crippen molar-refractivity contribution in [1.29, 1.82) is 0 Å². The van der Waals surface area contributed by atoms with Crippen LogP contribution in [0.4, 0.5) is 0 Å². The van der Waals surface area contributed by atoms with Gasteiger partial charge in [0.15, 0.2) is 0 Å². The molecule has 110 valence electrons. The maximum Gasteiger partial charge on any atom is 0.305 e. The first-order valence-corrected chi connectivity index (χ1v) is 8.03. The minimum absolute atomic E-state index is 0.169.